The number of carbonyl (C=O) groups is 1. The van der Waals surface area contributed by atoms with E-state index in [1.54, 1.807) is 36.2 Å². The van der Waals surface area contributed by atoms with Crippen molar-refractivity contribution in [1.82, 2.24) is 4.90 Å². The summed E-state index contributed by atoms with van der Waals surface area (Å²) >= 11 is 0. The summed E-state index contributed by atoms with van der Waals surface area (Å²) in [5.41, 5.74) is 2.31. The van der Waals surface area contributed by atoms with E-state index in [-0.39, 0.29) is 11.7 Å². The number of hydrogen-bond acceptors (Lipinski definition) is 3. The summed E-state index contributed by atoms with van der Waals surface area (Å²) in [5, 5.41) is 8.78. The van der Waals surface area contributed by atoms with Gasteiger partial charge in [0.15, 0.2) is 11.6 Å². The number of rotatable bonds is 6. The maximum absolute atomic E-state index is 13.6. The van der Waals surface area contributed by atoms with Crippen LogP contribution < -0.4 is 4.74 Å². The molecule has 0 N–H and O–H groups in total. The fourth-order valence-corrected chi connectivity index (χ4v) is 2.35. The number of ether oxygens (including phenoxy) is 1. The van der Waals surface area contributed by atoms with Gasteiger partial charge in [-0.25, -0.2) is 4.39 Å². The lowest BCUT2D eigenvalue weighted by atomic mass is 10.1. The van der Waals surface area contributed by atoms with E-state index in [1.165, 1.54) is 13.2 Å². The zero-order valence-electron chi connectivity index (χ0n) is 13.8. The molecule has 0 atom stereocenters. The fourth-order valence-electron chi connectivity index (χ4n) is 2.35. The molecule has 0 spiro atoms. The van der Waals surface area contributed by atoms with Gasteiger partial charge in [-0.2, -0.15) is 5.26 Å². The Kier molecular flexibility index (Phi) is 5.91. The van der Waals surface area contributed by atoms with E-state index >= 15 is 0 Å². The second kappa shape index (κ2) is 8.11. The summed E-state index contributed by atoms with van der Waals surface area (Å²) in [6.45, 7) is 0.474. The van der Waals surface area contributed by atoms with Crippen molar-refractivity contribution in [1.29, 1.82) is 5.26 Å². The third-order valence-corrected chi connectivity index (χ3v) is 3.77. The van der Waals surface area contributed by atoms with E-state index < -0.39 is 5.82 Å². The van der Waals surface area contributed by atoms with Gasteiger partial charge in [-0.15, -0.1) is 0 Å². The van der Waals surface area contributed by atoms with Crippen molar-refractivity contribution < 1.29 is 13.9 Å². The predicted molar refractivity (Wildman–Crippen MR) is 88.9 cm³/mol. The molecule has 0 aromatic heterocycles. The summed E-state index contributed by atoms with van der Waals surface area (Å²) in [6.07, 6.45) is 0.774. The average molecular weight is 326 g/mol. The first-order valence-corrected chi connectivity index (χ1v) is 7.59. The molecule has 2 aromatic carbocycles. The molecule has 0 saturated heterocycles. The highest BCUT2D eigenvalue weighted by Crippen LogP contribution is 2.18. The van der Waals surface area contributed by atoms with Crippen molar-refractivity contribution in [3.05, 3.63) is 65.0 Å². The zero-order valence-corrected chi connectivity index (χ0v) is 13.8. The molecule has 2 rings (SSSR count). The van der Waals surface area contributed by atoms with Crippen LogP contribution in [0.3, 0.4) is 0 Å². The Labute approximate surface area is 141 Å². The van der Waals surface area contributed by atoms with Gasteiger partial charge in [-0.3, -0.25) is 4.79 Å². The van der Waals surface area contributed by atoms with Crippen LogP contribution in [0.4, 0.5) is 4.39 Å². The highest BCUT2D eigenvalue weighted by Gasteiger charge is 2.11. The Morgan fingerprint density at radius 3 is 2.46 bits per heavy atom. The minimum Gasteiger partial charge on any atom is -0.494 e. The summed E-state index contributed by atoms with van der Waals surface area (Å²) < 4.78 is 18.5. The molecular weight excluding hydrogens is 307 g/mol. The molecule has 0 saturated carbocycles. The van der Waals surface area contributed by atoms with Crippen LogP contribution in [0.1, 0.15) is 23.1 Å². The van der Waals surface area contributed by atoms with Gasteiger partial charge < -0.3 is 9.64 Å². The van der Waals surface area contributed by atoms with E-state index in [9.17, 15) is 9.18 Å². The van der Waals surface area contributed by atoms with Gasteiger partial charge in [0.25, 0.3) is 0 Å². The van der Waals surface area contributed by atoms with Crippen LogP contribution in [0.15, 0.2) is 42.5 Å². The minimum absolute atomic E-state index is 0.0180. The van der Waals surface area contributed by atoms with Gasteiger partial charge in [-0.05, 0) is 41.8 Å². The topological polar surface area (TPSA) is 53.3 Å². The Hall–Kier alpha value is -2.87. The third kappa shape index (κ3) is 4.56. The molecule has 0 radical (unpaired) electrons. The number of carbonyl (C=O) groups excluding carboxylic acids is 1. The van der Waals surface area contributed by atoms with Crippen molar-refractivity contribution in [3.8, 4) is 11.8 Å². The zero-order chi connectivity index (χ0) is 17.5. The predicted octanol–water partition coefficient (Wildman–Crippen LogP) is 3.30. The highest BCUT2D eigenvalue weighted by molar-refractivity contribution is 5.76. The molecule has 0 bridgehead atoms. The fraction of sp³-hybridized carbons (Fsp3) is 0.263. The molecule has 0 fully saturated rings. The summed E-state index contributed by atoms with van der Waals surface area (Å²) in [5.74, 6) is -0.244. The van der Waals surface area contributed by atoms with Crippen molar-refractivity contribution in [2.45, 2.75) is 19.4 Å². The number of halogens is 1. The van der Waals surface area contributed by atoms with Gasteiger partial charge in [0.2, 0.25) is 5.91 Å². The van der Waals surface area contributed by atoms with Gasteiger partial charge in [0, 0.05) is 20.0 Å². The van der Waals surface area contributed by atoms with Gasteiger partial charge in [-0.1, -0.05) is 18.2 Å². The third-order valence-electron chi connectivity index (χ3n) is 3.77. The van der Waals surface area contributed by atoms with E-state index in [4.69, 9.17) is 10.00 Å². The molecule has 0 unspecified atom stereocenters. The van der Waals surface area contributed by atoms with E-state index in [1.807, 2.05) is 12.1 Å². The van der Waals surface area contributed by atoms with Gasteiger partial charge >= 0.3 is 0 Å². The van der Waals surface area contributed by atoms with Crippen molar-refractivity contribution in [2.75, 3.05) is 14.2 Å². The van der Waals surface area contributed by atoms with Crippen LogP contribution in [-0.2, 0) is 17.8 Å². The van der Waals surface area contributed by atoms with Crippen LogP contribution in [0.25, 0.3) is 0 Å². The lowest BCUT2D eigenvalue weighted by Crippen LogP contribution is -2.26. The Balaban J connectivity index is 1.89. The van der Waals surface area contributed by atoms with E-state index in [2.05, 4.69) is 6.07 Å². The van der Waals surface area contributed by atoms with E-state index in [0.717, 1.165) is 11.1 Å². The maximum Gasteiger partial charge on any atom is 0.222 e. The molecule has 0 aliphatic heterocycles. The first kappa shape index (κ1) is 17.5. The van der Waals surface area contributed by atoms with Crippen LogP contribution in [0.2, 0.25) is 0 Å². The van der Waals surface area contributed by atoms with Gasteiger partial charge in [0.1, 0.15) is 0 Å². The Morgan fingerprint density at radius 1 is 1.21 bits per heavy atom. The largest absolute Gasteiger partial charge is 0.494 e. The number of methoxy groups -OCH3 is 1. The van der Waals surface area contributed by atoms with Crippen LogP contribution in [0.5, 0.6) is 5.75 Å². The van der Waals surface area contributed by atoms with Crippen molar-refractivity contribution >= 4 is 5.91 Å². The SMILES string of the molecule is COc1ccc(CCC(=O)N(C)Cc2ccc(C#N)cc2)cc1F. The summed E-state index contributed by atoms with van der Waals surface area (Å²) in [4.78, 5) is 13.8. The normalized spacial score (nSPS) is 10.1. The van der Waals surface area contributed by atoms with Gasteiger partial charge in [0.05, 0.1) is 18.7 Å². The lowest BCUT2D eigenvalue weighted by molar-refractivity contribution is -0.130. The average Bonchev–Trinajstić information content (AvgIpc) is 2.60. The first-order chi connectivity index (χ1) is 11.5. The van der Waals surface area contributed by atoms with Crippen LogP contribution in [0, 0.1) is 17.1 Å². The summed E-state index contributed by atoms with van der Waals surface area (Å²) in [6, 6.07) is 13.9. The quantitative estimate of drug-likeness (QED) is 0.818. The Bertz CT molecular complexity index is 751. The first-order valence-electron chi connectivity index (χ1n) is 7.59. The van der Waals surface area contributed by atoms with Crippen LogP contribution >= 0.6 is 0 Å². The molecule has 5 heteroatoms. The molecule has 0 aliphatic rings. The standard InChI is InChI=1S/C19H19FN2O2/c1-22(13-16-5-3-15(12-21)4-6-16)19(23)10-8-14-7-9-18(24-2)17(20)11-14/h3-7,9,11H,8,10,13H2,1-2H3. The molecule has 24 heavy (non-hydrogen) atoms. The lowest BCUT2D eigenvalue weighted by Gasteiger charge is -2.17. The number of amides is 1. The number of aryl methyl sites for hydroxylation is 1. The van der Waals surface area contributed by atoms with Crippen LogP contribution in [-0.4, -0.2) is 25.0 Å². The second-order valence-electron chi connectivity index (χ2n) is 5.53. The Morgan fingerprint density at radius 2 is 1.88 bits per heavy atom. The molecular formula is C19H19FN2O2. The summed E-state index contributed by atoms with van der Waals surface area (Å²) in [7, 11) is 3.15. The number of nitrogens with zero attached hydrogens (tertiary/aromatic N) is 2. The molecule has 1 amide bonds. The molecule has 2 aromatic rings. The molecule has 124 valence electrons. The molecule has 4 nitrogen and oxygen atoms in total. The molecule has 0 heterocycles. The van der Waals surface area contributed by atoms with E-state index in [0.29, 0.717) is 24.9 Å². The monoisotopic (exact) mass is 326 g/mol. The number of benzene rings is 2. The smallest absolute Gasteiger partial charge is 0.222 e. The number of nitriles is 1. The highest BCUT2D eigenvalue weighted by atomic mass is 19.1. The second-order valence-corrected chi connectivity index (χ2v) is 5.53. The minimum atomic E-state index is -0.423. The number of hydrogen-bond donors (Lipinski definition) is 0. The maximum atomic E-state index is 13.6. The van der Waals surface area contributed by atoms with Crippen molar-refractivity contribution in [2.24, 2.45) is 0 Å². The van der Waals surface area contributed by atoms with Crippen molar-refractivity contribution in [3.63, 3.8) is 0 Å². The molecule has 0 aliphatic carbocycles.